The van der Waals surface area contributed by atoms with Gasteiger partial charge in [0, 0.05) is 11.8 Å². The van der Waals surface area contributed by atoms with Crippen molar-refractivity contribution < 1.29 is 19.1 Å². The summed E-state index contributed by atoms with van der Waals surface area (Å²) in [6, 6.07) is 8.37. The summed E-state index contributed by atoms with van der Waals surface area (Å²) in [4.78, 5) is 43.4. The van der Waals surface area contributed by atoms with Gasteiger partial charge in [-0.3, -0.25) is 14.2 Å². The Labute approximate surface area is 205 Å². The van der Waals surface area contributed by atoms with Gasteiger partial charge >= 0.3 is 11.9 Å². The molecule has 1 aromatic carbocycles. The van der Waals surface area contributed by atoms with Crippen LogP contribution >= 0.6 is 38.6 Å². The normalized spacial score (nSPS) is 15.8. The molecule has 3 aromatic rings. The Morgan fingerprint density at radius 2 is 2.09 bits per heavy atom. The van der Waals surface area contributed by atoms with E-state index in [2.05, 4.69) is 20.9 Å². The van der Waals surface area contributed by atoms with Crippen molar-refractivity contribution in [2.75, 3.05) is 6.61 Å². The van der Waals surface area contributed by atoms with Gasteiger partial charge in [-0.2, -0.15) is 0 Å². The number of hydrogen-bond acceptors (Lipinski definition) is 8. The number of allylic oxidation sites excluding steroid dienone is 1. The molecule has 33 heavy (non-hydrogen) atoms. The fourth-order valence-corrected chi connectivity index (χ4v) is 5.85. The Hall–Kier alpha value is -2.82. The molecule has 0 radical (unpaired) electrons. The maximum Gasteiger partial charge on any atom is 0.338 e. The second-order valence-electron chi connectivity index (χ2n) is 7.10. The smallest absolute Gasteiger partial charge is 0.338 e. The number of fused-ring (bicyclic) bond motifs is 1. The summed E-state index contributed by atoms with van der Waals surface area (Å²) in [6.07, 6.45) is 1.75. The number of carbonyl (C=O) groups excluding carboxylic acids is 2. The van der Waals surface area contributed by atoms with Gasteiger partial charge in [0.2, 0.25) is 0 Å². The standard InChI is InChI=1S/C23H19BrN2O5S2/c1-4-30-22(29)19-12(2)25-23-26(20(19)17-6-5-9-32-17)21(28)18(33-23)11-14-7-8-16(15(24)10-14)31-13(3)27/h5-11,20H,4H2,1-3H3/b18-11-/t20-/m1/s1. The van der Waals surface area contributed by atoms with Crippen LogP contribution in [0.2, 0.25) is 0 Å². The van der Waals surface area contributed by atoms with Gasteiger partial charge in [0.05, 0.1) is 26.9 Å². The molecule has 0 spiro atoms. The van der Waals surface area contributed by atoms with Crippen molar-refractivity contribution in [2.24, 2.45) is 4.99 Å². The molecule has 0 fully saturated rings. The molecule has 1 aliphatic heterocycles. The minimum atomic E-state index is -0.597. The topological polar surface area (TPSA) is 87.0 Å². The Kier molecular flexibility index (Phi) is 6.78. The molecule has 0 amide bonds. The molecule has 1 atom stereocenters. The van der Waals surface area contributed by atoms with Gasteiger partial charge in [0.25, 0.3) is 5.56 Å². The van der Waals surface area contributed by atoms with E-state index in [0.717, 1.165) is 10.4 Å². The number of thiophene rings is 1. The summed E-state index contributed by atoms with van der Waals surface area (Å²) in [6.45, 7) is 5.07. The highest BCUT2D eigenvalue weighted by Crippen LogP contribution is 2.33. The number of nitrogens with zero attached hydrogens (tertiary/aromatic N) is 2. The van der Waals surface area contributed by atoms with E-state index < -0.39 is 18.0 Å². The number of ether oxygens (including phenoxy) is 2. The third-order valence-electron chi connectivity index (χ3n) is 4.84. The van der Waals surface area contributed by atoms with Crippen LogP contribution in [0.3, 0.4) is 0 Å². The van der Waals surface area contributed by atoms with E-state index in [1.807, 2.05) is 17.5 Å². The van der Waals surface area contributed by atoms with Crippen molar-refractivity contribution in [3.63, 3.8) is 0 Å². The van der Waals surface area contributed by atoms with Crippen LogP contribution in [0, 0.1) is 0 Å². The van der Waals surface area contributed by atoms with Crippen molar-refractivity contribution >= 4 is 56.6 Å². The molecule has 0 N–H and O–H groups in total. The van der Waals surface area contributed by atoms with Crippen LogP contribution in [0.15, 0.2) is 61.2 Å². The summed E-state index contributed by atoms with van der Waals surface area (Å²) < 4.78 is 13.0. The summed E-state index contributed by atoms with van der Waals surface area (Å²) in [7, 11) is 0. The highest BCUT2D eigenvalue weighted by Gasteiger charge is 2.33. The minimum absolute atomic E-state index is 0.232. The van der Waals surface area contributed by atoms with E-state index in [1.54, 1.807) is 42.7 Å². The van der Waals surface area contributed by atoms with E-state index in [1.165, 1.54) is 29.6 Å². The first kappa shape index (κ1) is 23.3. The molecule has 3 heterocycles. The van der Waals surface area contributed by atoms with Crippen molar-refractivity contribution in [1.29, 1.82) is 0 Å². The average Bonchev–Trinajstić information content (AvgIpc) is 3.38. The third kappa shape index (κ3) is 4.64. The second kappa shape index (κ2) is 9.58. The molecule has 0 saturated heterocycles. The van der Waals surface area contributed by atoms with Crippen molar-refractivity contribution in [3.8, 4) is 5.75 Å². The van der Waals surface area contributed by atoms with Gasteiger partial charge in [-0.1, -0.05) is 23.5 Å². The van der Waals surface area contributed by atoms with Gasteiger partial charge in [0.15, 0.2) is 4.80 Å². The first-order chi connectivity index (χ1) is 15.8. The first-order valence-electron chi connectivity index (χ1n) is 10.0. The maximum atomic E-state index is 13.5. The van der Waals surface area contributed by atoms with Gasteiger partial charge in [0.1, 0.15) is 11.8 Å². The maximum absolute atomic E-state index is 13.5. The number of rotatable bonds is 5. The number of thiazole rings is 1. The molecule has 0 unspecified atom stereocenters. The van der Waals surface area contributed by atoms with Crippen molar-refractivity contribution in [3.05, 3.63) is 81.6 Å². The third-order valence-corrected chi connectivity index (χ3v) is 7.36. The van der Waals surface area contributed by atoms with E-state index in [-0.39, 0.29) is 12.2 Å². The Morgan fingerprint density at radius 1 is 1.30 bits per heavy atom. The van der Waals surface area contributed by atoms with Crippen LogP contribution in [-0.4, -0.2) is 23.1 Å². The van der Waals surface area contributed by atoms with Crippen LogP contribution in [0.25, 0.3) is 6.08 Å². The molecule has 0 aliphatic carbocycles. The number of halogens is 1. The SMILES string of the molecule is CCOC(=O)C1=C(C)N=c2s/c(=C\c3ccc(OC(C)=O)c(Br)c3)c(=O)n2[C@@H]1c1cccs1. The van der Waals surface area contributed by atoms with E-state index in [9.17, 15) is 14.4 Å². The molecule has 2 aromatic heterocycles. The fourth-order valence-electron chi connectivity index (χ4n) is 3.50. The molecule has 4 rings (SSSR count). The van der Waals surface area contributed by atoms with Crippen LogP contribution in [0.5, 0.6) is 5.75 Å². The summed E-state index contributed by atoms with van der Waals surface area (Å²) >= 11 is 6.12. The lowest BCUT2D eigenvalue weighted by atomic mass is 10.0. The largest absolute Gasteiger partial charge is 0.463 e. The zero-order valence-electron chi connectivity index (χ0n) is 18.0. The van der Waals surface area contributed by atoms with Gasteiger partial charge in [-0.25, -0.2) is 9.79 Å². The number of carbonyl (C=O) groups is 2. The Morgan fingerprint density at radius 3 is 2.73 bits per heavy atom. The second-order valence-corrected chi connectivity index (χ2v) is 9.94. The molecule has 0 bridgehead atoms. The van der Waals surface area contributed by atoms with E-state index in [0.29, 0.717) is 30.8 Å². The van der Waals surface area contributed by atoms with Crippen LogP contribution in [-0.2, 0) is 14.3 Å². The molecular formula is C23H19BrN2O5S2. The first-order valence-corrected chi connectivity index (χ1v) is 12.5. The number of benzene rings is 1. The van der Waals surface area contributed by atoms with Crippen LogP contribution in [0.4, 0.5) is 0 Å². The van der Waals surface area contributed by atoms with Gasteiger partial charge in [-0.15, -0.1) is 11.3 Å². The van der Waals surface area contributed by atoms with E-state index >= 15 is 0 Å². The number of aromatic nitrogens is 1. The molecule has 7 nitrogen and oxygen atoms in total. The highest BCUT2D eigenvalue weighted by atomic mass is 79.9. The summed E-state index contributed by atoms with van der Waals surface area (Å²) in [5.41, 5.74) is 1.41. The van der Waals surface area contributed by atoms with Crippen molar-refractivity contribution in [2.45, 2.75) is 26.8 Å². The highest BCUT2D eigenvalue weighted by molar-refractivity contribution is 9.10. The zero-order chi connectivity index (χ0) is 23.7. The lowest BCUT2D eigenvalue weighted by Crippen LogP contribution is -2.39. The monoisotopic (exact) mass is 546 g/mol. The quantitative estimate of drug-likeness (QED) is 0.360. The van der Waals surface area contributed by atoms with Crippen LogP contribution in [0.1, 0.15) is 37.3 Å². The van der Waals surface area contributed by atoms with Gasteiger partial charge < -0.3 is 9.47 Å². The zero-order valence-corrected chi connectivity index (χ0v) is 21.2. The minimum Gasteiger partial charge on any atom is -0.463 e. The van der Waals surface area contributed by atoms with Crippen LogP contribution < -0.4 is 19.6 Å². The average molecular weight is 547 g/mol. The lowest BCUT2D eigenvalue weighted by Gasteiger charge is -2.23. The van der Waals surface area contributed by atoms with Gasteiger partial charge in [-0.05, 0) is 65.0 Å². The molecule has 170 valence electrons. The molecule has 10 heteroatoms. The number of esters is 2. The Balaban J connectivity index is 1.85. The lowest BCUT2D eigenvalue weighted by molar-refractivity contribution is -0.139. The van der Waals surface area contributed by atoms with E-state index in [4.69, 9.17) is 9.47 Å². The predicted octanol–water partition coefficient (Wildman–Crippen LogP) is 3.55. The molecule has 1 aliphatic rings. The number of hydrogen-bond donors (Lipinski definition) is 0. The van der Waals surface area contributed by atoms with Crippen molar-refractivity contribution in [1.82, 2.24) is 4.57 Å². The Bertz CT molecular complexity index is 1450. The summed E-state index contributed by atoms with van der Waals surface area (Å²) in [5.74, 6) is -0.497. The molecule has 0 saturated carbocycles. The summed E-state index contributed by atoms with van der Waals surface area (Å²) in [5, 5.41) is 1.91. The fraction of sp³-hybridized carbons (Fsp3) is 0.217. The predicted molar refractivity (Wildman–Crippen MR) is 130 cm³/mol. The molecular weight excluding hydrogens is 528 g/mol.